The van der Waals surface area contributed by atoms with Crippen LogP contribution in [0.2, 0.25) is 0 Å². The van der Waals surface area contributed by atoms with E-state index in [0.29, 0.717) is 43.5 Å². The Bertz CT molecular complexity index is 1070. The van der Waals surface area contributed by atoms with E-state index >= 15 is 0 Å². The van der Waals surface area contributed by atoms with Gasteiger partial charge in [-0.3, -0.25) is 9.79 Å². The molecule has 0 aromatic heterocycles. The summed E-state index contributed by atoms with van der Waals surface area (Å²) in [5.74, 6) is 1.86. The molecule has 2 unspecified atom stereocenters. The molecular formula is C51H96ClN3O3. The largest absolute Gasteiger partial charge is 0.862 e. The fourth-order valence-corrected chi connectivity index (χ4v) is 8.45. The predicted octanol–water partition coefficient (Wildman–Crippen LogP) is 13.3. The van der Waals surface area contributed by atoms with E-state index in [-0.39, 0.29) is 24.2 Å². The number of amides is 1. The highest BCUT2D eigenvalue weighted by Gasteiger charge is 2.29. The van der Waals surface area contributed by atoms with E-state index in [2.05, 4.69) is 62.3 Å². The molecule has 2 N–H and O–H groups in total. The molecule has 0 radical (unpaired) electrons. The second kappa shape index (κ2) is 39.5. The molecule has 0 saturated carbocycles. The standard InChI is InChI=1S/C51H95N3O3.ClH/c1-46(2)34-27-22-18-14-10-6-8-12-16-20-24-31-38-50(56)52-40-33-42-54(44-48(5)55,45-49-36-29-26-30-37-49)43-41-53-51(57)39-32-25-21-17-13-9-7-11-15-19-23-28-35-47(3)4;/h26,29-30,36-37,46-48,55H,6-25,27-28,31-35,38-45H2,1-5H3,(H-,52,53,56,57);1H. The van der Waals surface area contributed by atoms with Crippen LogP contribution in [-0.4, -0.2) is 60.2 Å². The van der Waals surface area contributed by atoms with Crippen molar-refractivity contribution in [3.8, 4) is 0 Å². The topological polar surface area (TPSA) is 84.8 Å². The smallest absolute Gasteiger partial charge is 0.219 e. The summed E-state index contributed by atoms with van der Waals surface area (Å²) < 4.78 is 0.658. The number of aliphatic hydroxyl groups is 1. The van der Waals surface area contributed by atoms with Gasteiger partial charge in [0.05, 0.1) is 19.6 Å². The van der Waals surface area contributed by atoms with E-state index in [1.165, 1.54) is 147 Å². The summed E-state index contributed by atoms with van der Waals surface area (Å²) >= 11 is 0. The third kappa shape index (κ3) is 36.2. The van der Waals surface area contributed by atoms with Gasteiger partial charge in [-0.05, 0) is 43.9 Å². The van der Waals surface area contributed by atoms with E-state index in [0.717, 1.165) is 57.0 Å². The lowest BCUT2D eigenvalue weighted by Gasteiger charge is -2.40. The number of hydrogen-bond donors (Lipinski definition) is 2. The number of nitrogens with zero attached hydrogens (tertiary/aromatic N) is 2. The number of halogens is 1. The van der Waals surface area contributed by atoms with E-state index in [1.54, 1.807) is 0 Å². The van der Waals surface area contributed by atoms with Crippen molar-refractivity contribution in [2.45, 2.75) is 233 Å². The van der Waals surface area contributed by atoms with Crippen LogP contribution in [0.4, 0.5) is 0 Å². The molecule has 0 spiro atoms. The van der Waals surface area contributed by atoms with Crippen LogP contribution in [0, 0.1) is 11.8 Å². The molecule has 2 atom stereocenters. The third-order valence-corrected chi connectivity index (χ3v) is 11.9. The molecule has 0 fully saturated rings. The molecule has 0 aliphatic rings. The Kier molecular flexibility index (Phi) is 38.4. The molecule has 1 rings (SSSR count). The summed E-state index contributed by atoms with van der Waals surface area (Å²) in [7, 11) is 0. The summed E-state index contributed by atoms with van der Waals surface area (Å²) in [6, 6.07) is 10.5. The Balaban J connectivity index is 0.0000325. The maximum atomic E-state index is 12.8. The zero-order valence-corrected chi connectivity index (χ0v) is 39.8. The lowest BCUT2D eigenvalue weighted by atomic mass is 10.0. The first kappa shape index (κ1) is 56.4. The first-order valence-corrected chi connectivity index (χ1v) is 24.7. The molecule has 0 bridgehead atoms. The number of hydrogen-bond acceptors (Lipinski definition) is 4. The van der Waals surface area contributed by atoms with Crippen molar-refractivity contribution in [2.24, 2.45) is 16.8 Å². The zero-order chi connectivity index (χ0) is 41.7. The molecule has 0 heterocycles. The maximum Gasteiger partial charge on any atom is 0.219 e. The number of nitrogens with one attached hydrogen (secondary N) is 1. The molecule has 0 aliphatic carbocycles. The number of rotatable bonds is 41. The first-order chi connectivity index (χ1) is 27.6. The Hall–Kier alpha value is -1.63. The summed E-state index contributed by atoms with van der Waals surface area (Å²) in [5, 5.41) is 26.5. The maximum absolute atomic E-state index is 12.8. The number of aliphatic hydroxyl groups excluding tert-OH is 1. The molecule has 1 aromatic rings. The predicted molar refractivity (Wildman–Crippen MR) is 253 cm³/mol. The van der Waals surface area contributed by atoms with Crippen molar-refractivity contribution in [1.29, 1.82) is 0 Å². The van der Waals surface area contributed by atoms with Crippen LogP contribution in [0.15, 0.2) is 35.3 Å². The number of aliphatic imine (C=N–C) groups is 1. The fourth-order valence-electron chi connectivity index (χ4n) is 8.45. The molecule has 1 amide bonds. The van der Waals surface area contributed by atoms with Gasteiger partial charge in [0, 0.05) is 24.9 Å². The number of carbonyl (C=O) groups is 1. The van der Waals surface area contributed by atoms with Crippen molar-refractivity contribution < 1.29 is 19.5 Å². The Labute approximate surface area is 366 Å². The highest BCUT2D eigenvalue weighted by atomic mass is 35.5. The van der Waals surface area contributed by atoms with Gasteiger partial charge in [-0.25, -0.2) is 0 Å². The van der Waals surface area contributed by atoms with Gasteiger partial charge < -0.3 is 20.0 Å². The van der Waals surface area contributed by atoms with Crippen molar-refractivity contribution in [2.75, 3.05) is 32.7 Å². The quantitative estimate of drug-likeness (QED) is 0.0298. The first-order valence-electron chi connectivity index (χ1n) is 24.7. The lowest BCUT2D eigenvalue weighted by molar-refractivity contribution is -0.942. The second-order valence-corrected chi connectivity index (χ2v) is 18.8. The van der Waals surface area contributed by atoms with E-state index in [4.69, 9.17) is 0 Å². The van der Waals surface area contributed by atoms with Crippen LogP contribution in [0.5, 0.6) is 0 Å². The summed E-state index contributed by atoms with van der Waals surface area (Å²) in [6.45, 7) is 15.2. The minimum atomic E-state index is -0.469. The summed E-state index contributed by atoms with van der Waals surface area (Å²) in [4.78, 5) is 17.2. The van der Waals surface area contributed by atoms with E-state index in [9.17, 15) is 15.0 Å². The van der Waals surface area contributed by atoms with Gasteiger partial charge in [0.2, 0.25) is 5.91 Å². The van der Waals surface area contributed by atoms with Gasteiger partial charge >= 0.3 is 0 Å². The van der Waals surface area contributed by atoms with Gasteiger partial charge in [-0.1, -0.05) is 212 Å². The van der Waals surface area contributed by atoms with Crippen LogP contribution in [-0.2, 0) is 11.3 Å². The monoisotopic (exact) mass is 834 g/mol. The molecular weight excluding hydrogens is 738 g/mol. The SMILES string of the molecule is CC(C)CCCCCCCCCCCCCCC(=O)NCCC[N+](CCN=C([O-])CCCCCCCCCCCCCCC(C)C)(Cc1ccccc1)CC(C)O.Cl. The van der Waals surface area contributed by atoms with E-state index < -0.39 is 6.10 Å². The average Bonchev–Trinajstić information content (AvgIpc) is 3.16. The fraction of sp³-hybridized carbons (Fsp3) is 0.843. The summed E-state index contributed by atoms with van der Waals surface area (Å²) in [5.41, 5.74) is 1.22. The normalized spacial score (nSPS) is 13.5. The number of quaternary nitrogens is 1. The van der Waals surface area contributed by atoms with Crippen LogP contribution in [0.25, 0.3) is 0 Å². The van der Waals surface area contributed by atoms with E-state index in [1.807, 2.05) is 13.0 Å². The molecule has 0 saturated heterocycles. The highest BCUT2D eigenvalue weighted by Crippen LogP contribution is 2.19. The molecule has 0 aliphatic heterocycles. The zero-order valence-electron chi connectivity index (χ0n) is 38.9. The van der Waals surface area contributed by atoms with Crippen molar-refractivity contribution in [1.82, 2.24) is 5.32 Å². The number of carbonyl (C=O) groups excluding carboxylic acids is 1. The number of benzene rings is 1. The second-order valence-electron chi connectivity index (χ2n) is 18.8. The Morgan fingerprint density at radius 3 is 1.45 bits per heavy atom. The van der Waals surface area contributed by atoms with Gasteiger partial charge in [0.15, 0.2) is 0 Å². The lowest BCUT2D eigenvalue weighted by Crippen LogP contribution is -2.53. The minimum Gasteiger partial charge on any atom is -0.862 e. The van der Waals surface area contributed by atoms with Gasteiger partial charge in [-0.15, -0.1) is 12.4 Å². The Morgan fingerprint density at radius 1 is 0.603 bits per heavy atom. The van der Waals surface area contributed by atoms with Crippen LogP contribution in [0.3, 0.4) is 0 Å². The average molecular weight is 835 g/mol. The van der Waals surface area contributed by atoms with Crippen molar-refractivity contribution >= 4 is 24.2 Å². The molecule has 6 nitrogen and oxygen atoms in total. The third-order valence-electron chi connectivity index (χ3n) is 11.9. The summed E-state index contributed by atoms with van der Waals surface area (Å²) in [6.07, 6.45) is 35.5. The van der Waals surface area contributed by atoms with Crippen LogP contribution >= 0.6 is 12.4 Å². The van der Waals surface area contributed by atoms with Gasteiger partial charge in [0.25, 0.3) is 0 Å². The number of unbranched alkanes of at least 4 members (excludes halogenated alkanes) is 22. The molecule has 1 aromatic carbocycles. The van der Waals surface area contributed by atoms with Crippen molar-refractivity contribution in [3.63, 3.8) is 0 Å². The highest BCUT2D eigenvalue weighted by molar-refractivity contribution is 5.85. The minimum absolute atomic E-state index is 0. The molecule has 7 heteroatoms. The van der Waals surface area contributed by atoms with Crippen LogP contribution < -0.4 is 10.4 Å². The molecule has 340 valence electrons. The van der Waals surface area contributed by atoms with Crippen molar-refractivity contribution in [3.05, 3.63) is 35.9 Å². The molecule has 58 heavy (non-hydrogen) atoms. The van der Waals surface area contributed by atoms with Crippen LogP contribution in [0.1, 0.15) is 226 Å². The van der Waals surface area contributed by atoms with Gasteiger partial charge in [-0.2, -0.15) is 0 Å². The Morgan fingerprint density at radius 2 is 1.02 bits per heavy atom. The van der Waals surface area contributed by atoms with Gasteiger partial charge in [0.1, 0.15) is 19.2 Å².